The smallest absolute Gasteiger partial charge is 0.325 e. The minimum atomic E-state index is -1.17. The van der Waals surface area contributed by atoms with E-state index >= 15 is 0 Å². The topological polar surface area (TPSA) is 95.6 Å². The van der Waals surface area contributed by atoms with Crippen molar-refractivity contribution in [3.8, 4) is 0 Å². The molecule has 2 aromatic rings. The Balaban J connectivity index is 1.74. The number of Topliss-reactive ketones (excluding diaryl/α,β-unsaturated/α-hetero) is 1. The van der Waals surface area contributed by atoms with Gasteiger partial charge in [-0.05, 0) is 36.2 Å². The first-order valence-corrected chi connectivity index (χ1v) is 10.2. The molecule has 7 nitrogen and oxygen atoms in total. The fourth-order valence-electron chi connectivity index (χ4n) is 3.42. The van der Waals surface area contributed by atoms with E-state index in [-0.39, 0.29) is 18.2 Å². The number of hydrogen-bond donors (Lipinski definition) is 2. The normalized spacial score (nSPS) is 18.6. The Labute approximate surface area is 181 Å². The number of nitrogens with one attached hydrogen (secondary N) is 2. The predicted octanol–water partition coefficient (Wildman–Crippen LogP) is 3.71. The number of anilines is 1. The van der Waals surface area contributed by atoms with E-state index in [9.17, 15) is 19.2 Å². The van der Waals surface area contributed by atoms with Gasteiger partial charge >= 0.3 is 6.03 Å². The van der Waals surface area contributed by atoms with Crippen LogP contribution in [-0.4, -0.2) is 35.1 Å². The van der Waals surface area contributed by atoms with Gasteiger partial charge in [-0.1, -0.05) is 58.0 Å². The summed E-state index contributed by atoms with van der Waals surface area (Å²) in [4.78, 5) is 51.5. The molecule has 3 rings (SSSR count). The van der Waals surface area contributed by atoms with Crippen LogP contribution in [0.5, 0.6) is 0 Å². The van der Waals surface area contributed by atoms with Crippen LogP contribution in [-0.2, 0) is 15.1 Å². The van der Waals surface area contributed by atoms with E-state index in [2.05, 4.69) is 10.6 Å². The second kappa shape index (κ2) is 8.34. The molecule has 1 aliphatic heterocycles. The number of imide groups is 1. The number of urea groups is 1. The molecule has 31 heavy (non-hydrogen) atoms. The Morgan fingerprint density at radius 1 is 1.00 bits per heavy atom. The van der Waals surface area contributed by atoms with Crippen LogP contribution in [0.4, 0.5) is 10.5 Å². The van der Waals surface area contributed by atoms with E-state index in [4.69, 9.17) is 0 Å². The summed E-state index contributed by atoms with van der Waals surface area (Å²) in [7, 11) is 0. The van der Waals surface area contributed by atoms with Gasteiger partial charge in [0.05, 0.1) is 6.54 Å². The Bertz CT molecular complexity index is 1010. The number of amides is 4. The Morgan fingerprint density at radius 3 is 2.16 bits per heavy atom. The van der Waals surface area contributed by atoms with Crippen molar-refractivity contribution >= 4 is 29.3 Å². The third-order valence-electron chi connectivity index (χ3n) is 5.42. The molecule has 1 atom stereocenters. The number of rotatable bonds is 6. The van der Waals surface area contributed by atoms with Gasteiger partial charge in [0, 0.05) is 16.7 Å². The molecule has 7 heteroatoms. The number of hydrogen-bond acceptors (Lipinski definition) is 4. The lowest BCUT2D eigenvalue weighted by molar-refractivity contribution is -0.131. The summed E-state index contributed by atoms with van der Waals surface area (Å²) in [6, 6.07) is 14.8. The van der Waals surface area contributed by atoms with E-state index in [0.29, 0.717) is 23.2 Å². The quantitative estimate of drug-likeness (QED) is 0.549. The highest BCUT2D eigenvalue weighted by molar-refractivity contribution is 6.11. The summed E-state index contributed by atoms with van der Waals surface area (Å²) >= 11 is 0. The van der Waals surface area contributed by atoms with Gasteiger partial charge < -0.3 is 10.6 Å². The van der Waals surface area contributed by atoms with Gasteiger partial charge in [-0.3, -0.25) is 19.3 Å². The van der Waals surface area contributed by atoms with Crippen LogP contribution in [0.15, 0.2) is 54.6 Å². The predicted molar refractivity (Wildman–Crippen MR) is 118 cm³/mol. The molecule has 0 aliphatic carbocycles. The van der Waals surface area contributed by atoms with Crippen LogP contribution in [0, 0.1) is 5.41 Å². The lowest BCUT2D eigenvalue weighted by Crippen LogP contribution is -2.43. The summed E-state index contributed by atoms with van der Waals surface area (Å²) < 4.78 is 0. The lowest BCUT2D eigenvalue weighted by atomic mass is 9.87. The highest BCUT2D eigenvalue weighted by Gasteiger charge is 2.51. The Morgan fingerprint density at radius 2 is 1.61 bits per heavy atom. The van der Waals surface area contributed by atoms with E-state index in [1.165, 1.54) is 0 Å². The zero-order valence-electron chi connectivity index (χ0n) is 18.2. The van der Waals surface area contributed by atoms with E-state index in [1.54, 1.807) is 48.5 Å². The van der Waals surface area contributed by atoms with Crippen LogP contribution in [0.1, 0.15) is 50.0 Å². The molecule has 0 bridgehead atoms. The molecule has 1 fully saturated rings. The number of ketones is 1. The largest absolute Gasteiger partial charge is 0.326 e. The first kappa shape index (κ1) is 22.2. The molecule has 1 saturated heterocycles. The van der Waals surface area contributed by atoms with Crippen molar-refractivity contribution in [2.75, 3.05) is 11.9 Å². The molecule has 0 spiro atoms. The minimum Gasteiger partial charge on any atom is -0.326 e. The lowest BCUT2D eigenvalue weighted by Gasteiger charge is -2.25. The average Bonchev–Trinajstić information content (AvgIpc) is 2.99. The molecule has 4 amide bonds. The third-order valence-corrected chi connectivity index (χ3v) is 5.42. The molecule has 0 radical (unpaired) electrons. The van der Waals surface area contributed by atoms with Crippen molar-refractivity contribution in [1.82, 2.24) is 10.2 Å². The average molecular weight is 421 g/mol. The van der Waals surface area contributed by atoms with Crippen molar-refractivity contribution in [1.29, 1.82) is 0 Å². The van der Waals surface area contributed by atoms with Gasteiger partial charge in [0.15, 0.2) is 5.78 Å². The molecule has 2 N–H and O–H groups in total. The van der Waals surface area contributed by atoms with E-state index in [1.807, 2.05) is 33.8 Å². The Kier molecular flexibility index (Phi) is 5.97. The maximum atomic E-state index is 13.1. The molecule has 162 valence electrons. The highest BCUT2D eigenvalue weighted by Crippen LogP contribution is 2.32. The highest BCUT2D eigenvalue weighted by atomic mass is 16.2. The summed E-state index contributed by atoms with van der Waals surface area (Å²) in [5.74, 6) is -0.937. The summed E-state index contributed by atoms with van der Waals surface area (Å²) in [6.45, 7) is 6.90. The van der Waals surface area contributed by atoms with Crippen LogP contribution in [0.2, 0.25) is 0 Å². The summed E-state index contributed by atoms with van der Waals surface area (Å²) in [6.07, 6.45) is 0.369. The van der Waals surface area contributed by atoms with Crippen LogP contribution in [0.3, 0.4) is 0 Å². The fourth-order valence-corrected chi connectivity index (χ4v) is 3.42. The molecule has 0 saturated carbocycles. The van der Waals surface area contributed by atoms with E-state index < -0.39 is 22.9 Å². The fraction of sp³-hybridized carbons (Fsp3) is 0.333. The van der Waals surface area contributed by atoms with Gasteiger partial charge in [0.25, 0.3) is 5.91 Å². The standard InChI is InChI=1S/C24H27N3O4/c1-5-24(17-9-7-6-8-10-17)21(30)27(22(31)26-24)15-19(28)16-11-13-18(14-12-16)25-20(29)23(2,3)4/h6-14H,5,15H2,1-4H3,(H,25,29)(H,26,31)/t24-/m0/s1. The number of nitrogens with zero attached hydrogens (tertiary/aromatic N) is 1. The number of carbonyl (C=O) groups excluding carboxylic acids is 4. The number of benzene rings is 2. The summed E-state index contributed by atoms with van der Waals surface area (Å²) in [5.41, 5.74) is -0.101. The second-order valence-corrected chi connectivity index (χ2v) is 8.65. The maximum Gasteiger partial charge on any atom is 0.325 e. The van der Waals surface area contributed by atoms with Gasteiger partial charge in [-0.15, -0.1) is 0 Å². The first-order chi connectivity index (χ1) is 14.6. The van der Waals surface area contributed by atoms with Crippen LogP contribution in [0.25, 0.3) is 0 Å². The molecule has 1 aliphatic rings. The Hall–Kier alpha value is -3.48. The molecule has 2 aromatic carbocycles. The van der Waals surface area contributed by atoms with Gasteiger partial charge in [-0.2, -0.15) is 0 Å². The molecule has 0 aromatic heterocycles. The van der Waals surface area contributed by atoms with Crippen LogP contribution < -0.4 is 10.6 Å². The SMILES string of the molecule is CC[C@@]1(c2ccccc2)NC(=O)N(CC(=O)c2ccc(NC(=O)C(C)(C)C)cc2)C1=O. The molecule has 0 unspecified atom stereocenters. The van der Waals surface area contributed by atoms with Crippen LogP contribution >= 0.6 is 0 Å². The monoisotopic (exact) mass is 421 g/mol. The second-order valence-electron chi connectivity index (χ2n) is 8.65. The van der Waals surface area contributed by atoms with Crippen molar-refractivity contribution in [3.63, 3.8) is 0 Å². The number of carbonyl (C=O) groups is 4. The van der Waals surface area contributed by atoms with Gasteiger partial charge in [0.1, 0.15) is 5.54 Å². The zero-order valence-corrected chi connectivity index (χ0v) is 18.2. The van der Waals surface area contributed by atoms with Gasteiger partial charge in [-0.25, -0.2) is 4.79 Å². The molecular formula is C24H27N3O4. The minimum absolute atomic E-state index is 0.136. The van der Waals surface area contributed by atoms with E-state index in [0.717, 1.165) is 4.90 Å². The maximum absolute atomic E-state index is 13.1. The molecule has 1 heterocycles. The summed E-state index contributed by atoms with van der Waals surface area (Å²) in [5, 5.41) is 5.57. The zero-order chi connectivity index (χ0) is 22.8. The molecular weight excluding hydrogens is 394 g/mol. The van der Waals surface area contributed by atoms with Crippen molar-refractivity contribution < 1.29 is 19.2 Å². The van der Waals surface area contributed by atoms with Gasteiger partial charge in [0.2, 0.25) is 5.91 Å². The third kappa shape index (κ3) is 4.35. The van der Waals surface area contributed by atoms with Crippen molar-refractivity contribution in [2.24, 2.45) is 5.41 Å². The van der Waals surface area contributed by atoms with Crippen molar-refractivity contribution in [2.45, 2.75) is 39.7 Å². The van der Waals surface area contributed by atoms with Crippen molar-refractivity contribution in [3.05, 3.63) is 65.7 Å². The first-order valence-electron chi connectivity index (χ1n) is 10.2.